The van der Waals surface area contributed by atoms with Crippen molar-refractivity contribution in [2.24, 2.45) is 0 Å². The van der Waals surface area contributed by atoms with E-state index in [1.54, 1.807) is 0 Å². The van der Waals surface area contributed by atoms with E-state index >= 15 is 0 Å². The molecular formula is C7H14N+. The summed E-state index contributed by atoms with van der Waals surface area (Å²) >= 11 is 0. The van der Waals surface area contributed by atoms with E-state index in [0.29, 0.717) is 0 Å². The highest BCUT2D eigenvalue weighted by Crippen LogP contribution is 1.74. The van der Waals surface area contributed by atoms with Crippen LogP contribution in [0.4, 0.5) is 0 Å². The molecule has 0 spiro atoms. The Balaban J connectivity index is 3.42. The fraction of sp³-hybridized carbons (Fsp3) is 0.571. The van der Waals surface area contributed by atoms with Crippen LogP contribution < -0.4 is 0 Å². The summed E-state index contributed by atoms with van der Waals surface area (Å²) in [7, 11) is 4.03. The van der Waals surface area contributed by atoms with E-state index in [1.165, 1.54) is 0 Å². The molecule has 0 aromatic carbocycles. The Hall–Kier alpha value is -0.590. The maximum atomic E-state index is 2.12. The average molecular weight is 112 g/mol. The van der Waals surface area contributed by atoms with E-state index in [2.05, 4.69) is 19.1 Å². The molecule has 0 rings (SSSR count). The Morgan fingerprint density at radius 1 is 1.38 bits per heavy atom. The Kier molecular flexibility index (Phi) is 4.23. The predicted molar refractivity (Wildman–Crippen MR) is 37.6 cm³/mol. The van der Waals surface area contributed by atoms with Crippen molar-refractivity contribution in [3.8, 4) is 0 Å². The maximum absolute atomic E-state index is 2.12. The van der Waals surface area contributed by atoms with Crippen LogP contribution in [0.1, 0.15) is 13.3 Å². The summed E-state index contributed by atoms with van der Waals surface area (Å²) in [4.78, 5) is 0. The van der Waals surface area contributed by atoms with Gasteiger partial charge >= 0.3 is 0 Å². The topological polar surface area (TPSA) is 3.01 Å². The largest absolute Gasteiger partial charge is 0.241 e. The number of allylic oxidation sites excluding steroid dienone is 2. The first-order valence-electron chi connectivity index (χ1n) is 2.93. The van der Waals surface area contributed by atoms with Gasteiger partial charge in [-0.15, -0.1) is 0 Å². The molecule has 0 aromatic rings. The zero-order valence-corrected chi connectivity index (χ0v) is 5.89. The zero-order chi connectivity index (χ0) is 6.41. The molecule has 1 nitrogen and oxygen atoms in total. The van der Waals surface area contributed by atoms with Crippen LogP contribution in [0.5, 0.6) is 0 Å². The maximum Gasteiger partial charge on any atom is 0.162 e. The molecule has 0 amide bonds. The Bertz CT molecular complexity index is 97.0. The molecule has 0 saturated carbocycles. The van der Waals surface area contributed by atoms with E-state index in [0.717, 1.165) is 6.42 Å². The molecule has 0 bridgehead atoms. The summed E-state index contributed by atoms with van der Waals surface area (Å²) in [6.45, 7) is 2.12. The molecule has 0 saturated heterocycles. The first kappa shape index (κ1) is 7.41. The van der Waals surface area contributed by atoms with E-state index in [4.69, 9.17) is 0 Å². The van der Waals surface area contributed by atoms with Gasteiger partial charge in [0.1, 0.15) is 14.1 Å². The lowest BCUT2D eigenvalue weighted by molar-refractivity contribution is -0.458. The third kappa shape index (κ3) is 5.41. The van der Waals surface area contributed by atoms with Crippen molar-refractivity contribution in [3.05, 3.63) is 12.2 Å². The molecule has 0 unspecified atom stereocenters. The minimum absolute atomic E-state index is 1.12. The van der Waals surface area contributed by atoms with Crippen LogP contribution >= 0.6 is 0 Å². The molecule has 1 heteroatoms. The first-order chi connectivity index (χ1) is 3.77. The monoisotopic (exact) mass is 112 g/mol. The fourth-order valence-corrected chi connectivity index (χ4v) is 0.369. The van der Waals surface area contributed by atoms with Crippen LogP contribution in [-0.2, 0) is 0 Å². The van der Waals surface area contributed by atoms with Gasteiger partial charge in [-0.05, 0) is 12.5 Å². The van der Waals surface area contributed by atoms with Gasteiger partial charge < -0.3 is 0 Å². The van der Waals surface area contributed by atoms with E-state index < -0.39 is 0 Å². The van der Waals surface area contributed by atoms with Crippen molar-refractivity contribution >= 4 is 6.21 Å². The Morgan fingerprint density at radius 2 is 2.00 bits per heavy atom. The molecule has 0 heterocycles. The molecule has 0 fully saturated rings. The lowest BCUT2D eigenvalue weighted by atomic mass is 10.4. The van der Waals surface area contributed by atoms with Crippen LogP contribution in [0, 0.1) is 0 Å². The van der Waals surface area contributed by atoms with Gasteiger partial charge in [-0.1, -0.05) is 13.0 Å². The van der Waals surface area contributed by atoms with Crippen molar-refractivity contribution in [1.82, 2.24) is 0 Å². The van der Waals surface area contributed by atoms with Crippen LogP contribution in [0.15, 0.2) is 12.2 Å². The first-order valence-corrected chi connectivity index (χ1v) is 2.93. The highest BCUT2D eigenvalue weighted by Gasteiger charge is 1.72. The van der Waals surface area contributed by atoms with Gasteiger partial charge in [-0.2, -0.15) is 0 Å². The van der Waals surface area contributed by atoms with Crippen LogP contribution in [0.3, 0.4) is 0 Å². The standard InChI is InChI=1S/C7H14N/c1-4-5-6-7-8(2)3/h5-7H,4H2,1-3H3/q+1. The van der Waals surface area contributed by atoms with Gasteiger partial charge in [-0.25, -0.2) is 4.58 Å². The molecule has 0 aliphatic heterocycles. The molecule has 0 aliphatic carbocycles. The quantitative estimate of drug-likeness (QED) is 0.374. The molecule has 0 atom stereocenters. The minimum atomic E-state index is 1.12. The molecule has 46 valence electrons. The van der Waals surface area contributed by atoms with Crippen molar-refractivity contribution in [3.63, 3.8) is 0 Å². The summed E-state index contributed by atoms with van der Waals surface area (Å²) in [5.74, 6) is 0. The lowest BCUT2D eigenvalue weighted by Crippen LogP contribution is -1.94. The summed E-state index contributed by atoms with van der Waals surface area (Å²) in [5.41, 5.74) is 0. The lowest BCUT2D eigenvalue weighted by Gasteiger charge is -1.77. The molecule has 0 N–H and O–H groups in total. The van der Waals surface area contributed by atoms with Gasteiger partial charge in [0.25, 0.3) is 0 Å². The second-order valence-electron chi connectivity index (χ2n) is 1.95. The van der Waals surface area contributed by atoms with E-state index in [9.17, 15) is 0 Å². The van der Waals surface area contributed by atoms with Crippen LogP contribution in [-0.4, -0.2) is 24.9 Å². The van der Waals surface area contributed by atoms with Gasteiger partial charge in [-0.3, -0.25) is 0 Å². The van der Waals surface area contributed by atoms with Crippen LogP contribution in [0.25, 0.3) is 0 Å². The van der Waals surface area contributed by atoms with Crippen LogP contribution in [0.2, 0.25) is 0 Å². The highest BCUT2D eigenvalue weighted by molar-refractivity contribution is 5.65. The summed E-state index contributed by atoms with van der Waals surface area (Å²) < 4.78 is 2.02. The van der Waals surface area contributed by atoms with Crippen molar-refractivity contribution in [1.29, 1.82) is 0 Å². The van der Waals surface area contributed by atoms with Crippen molar-refractivity contribution in [2.45, 2.75) is 13.3 Å². The predicted octanol–water partition coefficient (Wildman–Crippen LogP) is 1.30. The number of nitrogens with zero attached hydrogens (tertiary/aromatic N) is 1. The normalized spacial score (nSPS) is 9.88. The third-order valence-electron chi connectivity index (χ3n) is 0.756. The number of hydrogen-bond acceptors (Lipinski definition) is 0. The second-order valence-corrected chi connectivity index (χ2v) is 1.95. The number of hydrogen-bond donors (Lipinski definition) is 0. The van der Waals surface area contributed by atoms with Crippen molar-refractivity contribution < 1.29 is 4.58 Å². The average Bonchev–Trinajstić information content (AvgIpc) is 1.66. The minimum Gasteiger partial charge on any atom is -0.241 e. The summed E-state index contributed by atoms with van der Waals surface area (Å²) in [6.07, 6.45) is 7.33. The molecule has 0 aromatic heterocycles. The fourth-order valence-electron chi connectivity index (χ4n) is 0.369. The molecule has 8 heavy (non-hydrogen) atoms. The Labute approximate surface area is 51.3 Å². The second kappa shape index (κ2) is 4.57. The van der Waals surface area contributed by atoms with Gasteiger partial charge in [0.15, 0.2) is 6.21 Å². The van der Waals surface area contributed by atoms with Gasteiger partial charge in [0.2, 0.25) is 0 Å². The summed E-state index contributed by atoms with van der Waals surface area (Å²) in [6, 6.07) is 0. The Morgan fingerprint density at radius 3 is 2.38 bits per heavy atom. The van der Waals surface area contributed by atoms with Gasteiger partial charge in [0.05, 0.1) is 0 Å². The smallest absolute Gasteiger partial charge is 0.162 e. The van der Waals surface area contributed by atoms with E-state index in [-0.39, 0.29) is 0 Å². The third-order valence-corrected chi connectivity index (χ3v) is 0.756. The molecule has 0 radical (unpaired) electrons. The van der Waals surface area contributed by atoms with E-state index in [1.807, 2.05) is 24.9 Å². The van der Waals surface area contributed by atoms with Crippen molar-refractivity contribution in [2.75, 3.05) is 14.1 Å². The SMILES string of the molecule is CCC=CC=[N+](C)C. The van der Waals surface area contributed by atoms with Gasteiger partial charge in [0, 0.05) is 0 Å². The number of rotatable bonds is 2. The molecule has 0 aliphatic rings. The highest BCUT2D eigenvalue weighted by atomic mass is 14.9. The summed E-state index contributed by atoms with van der Waals surface area (Å²) in [5, 5.41) is 0. The molecular weight excluding hydrogens is 98.1 g/mol. The zero-order valence-electron chi connectivity index (χ0n) is 5.89.